The van der Waals surface area contributed by atoms with E-state index in [1.54, 1.807) is 41.4 Å². The van der Waals surface area contributed by atoms with Crippen molar-refractivity contribution in [2.45, 2.75) is 6.18 Å². The number of ether oxygens (including phenoxy) is 1. The SMILES string of the molecule is O=C(O)C(F)(F)F.O=C(c1ccccn1)N1CCOc2c(Cl)cccc21. The molecule has 0 bridgehead atoms. The predicted molar refractivity (Wildman–Crippen MR) is 86.6 cm³/mol. The minimum absolute atomic E-state index is 0.146. The van der Waals surface area contributed by atoms with Gasteiger partial charge >= 0.3 is 12.1 Å². The van der Waals surface area contributed by atoms with Crippen LogP contribution in [-0.4, -0.2) is 41.3 Å². The molecule has 1 amide bonds. The van der Waals surface area contributed by atoms with E-state index in [9.17, 15) is 18.0 Å². The van der Waals surface area contributed by atoms with Gasteiger partial charge < -0.3 is 14.7 Å². The van der Waals surface area contributed by atoms with Gasteiger partial charge in [-0.15, -0.1) is 0 Å². The van der Waals surface area contributed by atoms with Crippen LogP contribution in [0, 0.1) is 0 Å². The fourth-order valence-electron chi connectivity index (χ4n) is 2.05. The molecule has 10 heteroatoms. The monoisotopic (exact) mass is 388 g/mol. The van der Waals surface area contributed by atoms with Crippen molar-refractivity contribution >= 4 is 29.2 Å². The Morgan fingerprint density at radius 2 is 1.88 bits per heavy atom. The number of anilines is 1. The lowest BCUT2D eigenvalue weighted by Crippen LogP contribution is -2.38. The second kappa shape index (κ2) is 8.05. The molecule has 2 aromatic rings. The number of pyridine rings is 1. The van der Waals surface area contributed by atoms with Crippen LogP contribution in [-0.2, 0) is 4.79 Å². The molecule has 2 heterocycles. The first-order valence-corrected chi connectivity index (χ1v) is 7.54. The summed E-state index contributed by atoms with van der Waals surface area (Å²) >= 11 is 6.08. The highest BCUT2D eigenvalue weighted by Gasteiger charge is 2.38. The molecule has 0 radical (unpaired) electrons. The summed E-state index contributed by atoms with van der Waals surface area (Å²) in [6.07, 6.45) is -3.48. The Morgan fingerprint density at radius 3 is 2.46 bits per heavy atom. The molecule has 1 aliphatic rings. The lowest BCUT2D eigenvalue weighted by molar-refractivity contribution is -0.192. The van der Waals surface area contributed by atoms with E-state index in [2.05, 4.69) is 4.98 Å². The molecule has 0 atom stereocenters. The van der Waals surface area contributed by atoms with Gasteiger partial charge in [-0.25, -0.2) is 4.79 Å². The van der Waals surface area contributed by atoms with Crippen LogP contribution < -0.4 is 9.64 Å². The maximum atomic E-state index is 12.4. The third-order valence-electron chi connectivity index (χ3n) is 3.17. The second-order valence-corrected chi connectivity index (χ2v) is 5.32. The summed E-state index contributed by atoms with van der Waals surface area (Å²) in [6, 6.07) is 10.6. The summed E-state index contributed by atoms with van der Waals surface area (Å²) in [5, 5.41) is 7.64. The van der Waals surface area contributed by atoms with Crippen molar-refractivity contribution in [3.63, 3.8) is 0 Å². The molecule has 0 saturated carbocycles. The molecule has 0 spiro atoms. The van der Waals surface area contributed by atoms with Crippen LogP contribution in [0.4, 0.5) is 18.9 Å². The van der Waals surface area contributed by atoms with Crippen LogP contribution >= 0.6 is 11.6 Å². The van der Waals surface area contributed by atoms with Crippen molar-refractivity contribution in [3.05, 3.63) is 53.3 Å². The number of hydrogen-bond acceptors (Lipinski definition) is 4. The number of nitrogens with zero attached hydrogens (tertiary/aromatic N) is 2. The molecule has 1 N–H and O–H groups in total. The van der Waals surface area contributed by atoms with Gasteiger partial charge in [0, 0.05) is 6.20 Å². The number of aliphatic carboxylic acids is 1. The highest BCUT2D eigenvalue weighted by atomic mass is 35.5. The third kappa shape index (κ3) is 4.63. The van der Waals surface area contributed by atoms with Crippen molar-refractivity contribution < 1.29 is 32.6 Å². The number of para-hydroxylation sites is 1. The molecule has 0 aliphatic carbocycles. The van der Waals surface area contributed by atoms with Crippen molar-refractivity contribution in [3.8, 4) is 5.75 Å². The van der Waals surface area contributed by atoms with Gasteiger partial charge in [-0.1, -0.05) is 23.7 Å². The van der Waals surface area contributed by atoms with Gasteiger partial charge in [-0.05, 0) is 24.3 Å². The van der Waals surface area contributed by atoms with E-state index in [0.29, 0.717) is 35.3 Å². The molecule has 0 saturated heterocycles. The average Bonchev–Trinajstić information content (AvgIpc) is 2.61. The Kier molecular flexibility index (Phi) is 6.04. The van der Waals surface area contributed by atoms with E-state index in [1.807, 2.05) is 6.07 Å². The van der Waals surface area contributed by atoms with Gasteiger partial charge in [0.1, 0.15) is 12.3 Å². The number of carboxylic acid groups (broad SMARTS) is 1. The number of benzene rings is 1. The summed E-state index contributed by atoms with van der Waals surface area (Å²) in [5.41, 5.74) is 1.10. The number of carbonyl (C=O) groups is 2. The first-order valence-electron chi connectivity index (χ1n) is 7.16. The van der Waals surface area contributed by atoms with Crippen LogP contribution in [0.15, 0.2) is 42.6 Å². The lowest BCUT2D eigenvalue weighted by Gasteiger charge is -2.29. The Hall–Kier alpha value is -2.81. The quantitative estimate of drug-likeness (QED) is 0.809. The minimum atomic E-state index is -5.08. The molecule has 6 nitrogen and oxygen atoms in total. The second-order valence-electron chi connectivity index (χ2n) is 4.91. The van der Waals surface area contributed by atoms with E-state index >= 15 is 0 Å². The van der Waals surface area contributed by atoms with Crippen LogP contribution in [0.3, 0.4) is 0 Å². The number of carboxylic acids is 1. The smallest absolute Gasteiger partial charge is 0.488 e. The molecular formula is C16H12ClF3N2O4. The molecule has 26 heavy (non-hydrogen) atoms. The predicted octanol–water partition coefficient (Wildman–Crippen LogP) is 3.41. The zero-order chi connectivity index (χ0) is 19.3. The topological polar surface area (TPSA) is 79.7 Å². The Bertz CT molecular complexity index is 800. The molecule has 0 unspecified atom stereocenters. The number of rotatable bonds is 1. The first kappa shape index (κ1) is 19.5. The molecule has 138 valence electrons. The lowest BCUT2D eigenvalue weighted by atomic mass is 10.2. The third-order valence-corrected chi connectivity index (χ3v) is 3.47. The zero-order valence-electron chi connectivity index (χ0n) is 13.0. The van der Waals surface area contributed by atoms with E-state index in [4.69, 9.17) is 26.2 Å². The van der Waals surface area contributed by atoms with Gasteiger partial charge in [0.05, 0.1) is 17.3 Å². The largest absolute Gasteiger partial charge is 0.490 e. The Morgan fingerprint density at radius 1 is 1.19 bits per heavy atom. The number of alkyl halides is 3. The summed E-state index contributed by atoms with van der Waals surface area (Å²) in [6.45, 7) is 0.915. The van der Waals surface area contributed by atoms with Gasteiger partial charge in [-0.2, -0.15) is 13.2 Å². The van der Waals surface area contributed by atoms with E-state index in [-0.39, 0.29) is 5.91 Å². The highest BCUT2D eigenvalue weighted by Crippen LogP contribution is 2.38. The van der Waals surface area contributed by atoms with Crippen molar-refractivity contribution in [2.24, 2.45) is 0 Å². The summed E-state index contributed by atoms with van der Waals surface area (Å²) in [7, 11) is 0. The minimum Gasteiger partial charge on any atom is -0.488 e. The molecule has 1 aromatic heterocycles. The molecular weight excluding hydrogens is 377 g/mol. The number of hydrogen-bond donors (Lipinski definition) is 1. The highest BCUT2D eigenvalue weighted by molar-refractivity contribution is 6.32. The summed E-state index contributed by atoms with van der Waals surface area (Å²) in [4.78, 5) is 27.1. The van der Waals surface area contributed by atoms with Crippen LogP contribution in [0.1, 0.15) is 10.5 Å². The van der Waals surface area contributed by atoms with E-state index < -0.39 is 12.1 Å². The van der Waals surface area contributed by atoms with Crippen LogP contribution in [0.5, 0.6) is 5.75 Å². The normalized spacial score (nSPS) is 13.0. The van der Waals surface area contributed by atoms with Crippen LogP contribution in [0.2, 0.25) is 5.02 Å². The van der Waals surface area contributed by atoms with E-state index in [0.717, 1.165) is 0 Å². The fraction of sp³-hybridized carbons (Fsp3) is 0.188. The number of amides is 1. The fourth-order valence-corrected chi connectivity index (χ4v) is 2.27. The number of aromatic nitrogens is 1. The first-order chi connectivity index (χ1) is 12.2. The number of carbonyl (C=O) groups excluding carboxylic acids is 1. The van der Waals surface area contributed by atoms with Gasteiger partial charge in [-0.3, -0.25) is 9.78 Å². The summed E-state index contributed by atoms with van der Waals surface area (Å²) < 4.78 is 37.3. The Labute approximate surface area is 150 Å². The average molecular weight is 389 g/mol. The summed E-state index contributed by atoms with van der Waals surface area (Å²) in [5.74, 6) is -2.35. The number of halogens is 4. The zero-order valence-corrected chi connectivity index (χ0v) is 13.8. The van der Waals surface area contributed by atoms with E-state index in [1.165, 1.54) is 0 Å². The molecule has 0 fully saturated rings. The van der Waals surface area contributed by atoms with Crippen molar-refractivity contribution in [2.75, 3.05) is 18.1 Å². The Balaban J connectivity index is 0.000000298. The maximum absolute atomic E-state index is 12.4. The molecule has 1 aromatic carbocycles. The maximum Gasteiger partial charge on any atom is 0.490 e. The van der Waals surface area contributed by atoms with Gasteiger partial charge in [0.2, 0.25) is 0 Å². The van der Waals surface area contributed by atoms with Gasteiger partial charge in [0.15, 0.2) is 5.75 Å². The van der Waals surface area contributed by atoms with Gasteiger partial charge in [0.25, 0.3) is 5.91 Å². The standard InChI is InChI=1S/C14H11ClN2O2.C2HF3O2/c15-10-4-3-6-12-13(10)19-9-8-17(12)14(18)11-5-1-2-7-16-11;3-2(4,5)1(6)7/h1-7H,8-9H2;(H,6,7). The van der Waals surface area contributed by atoms with Crippen molar-refractivity contribution in [1.82, 2.24) is 4.98 Å². The molecule has 3 rings (SSSR count). The van der Waals surface area contributed by atoms with Crippen molar-refractivity contribution in [1.29, 1.82) is 0 Å². The molecule has 1 aliphatic heterocycles. The van der Waals surface area contributed by atoms with Crippen LogP contribution in [0.25, 0.3) is 0 Å². The number of fused-ring (bicyclic) bond motifs is 1.